The number of rotatable bonds is 4. The lowest BCUT2D eigenvalue weighted by Gasteiger charge is -2.13. The first kappa shape index (κ1) is 12.8. The average Bonchev–Trinajstić information content (AvgIpc) is 2.20. The number of nitrogens with two attached hydrogens (primary N) is 1. The second-order valence-corrected chi connectivity index (χ2v) is 5.21. The van der Waals surface area contributed by atoms with Crippen molar-refractivity contribution in [1.29, 1.82) is 0 Å². The summed E-state index contributed by atoms with van der Waals surface area (Å²) < 4.78 is 0. The summed E-state index contributed by atoms with van der Waals surface area (Å²) in [6, 6.07) is 3.76. The van der Waals surface area contributed by atoms with Crippen LogP contribution in [0.5, 0.6) is 0 Å². The highest BCUT2D eigenvalue weighted by Crippen LogP contribution is 2.21. The number of hydrogen-bond acceptors (Lipinski definition) is 4. The molecule has 1 atom stereocenters. The van der Waals surface area contributed by atoms with Gasteiger partial charge in [0.15, 0.2) is 0 Å². The van der Waals surface area contributed by atoms with E-state index in [2.05, 4.69) is 10.3 Å². The zero-order valence-electron chi connectivity index (χ0n) is 9.73. The molecule has 0 saturated heterocycles. The number of thioether (sulfide) groups is 1. The van der Waals surface area contributed by atoms with E-state index in [1.807, 2.05) is 26.8 Å². The van der Waals surface area contributed by atoms with Crippen LogP contribution in [0, 0.1) is 0 Å². The second-order valence-electron chi connectivity index (χ2n) is 3.85. The van der Waals surface area contributed by atoms with Crippen LogP contribution in [-0.4, -0.2) is 22.2 Å². The Morgan fingerprint density at radius 3 is 2.62 bits per heavy atom. The Labute approximate surface area is 100 Å². The SMILES string of the molecule is CC(C)NC(=O)C(C)Sc1ccc(N)cn1. The molecule has 0 aliphatic carbocycles. The fraction of sp³-hybridized carbons (Fsp3) is 0.455. The van der Waals surface area contributed by atoms with Crippen LogP contribution < -0.4 is 11.1 Å². The molecule has 1 heterocycles. The summed E-state index contributed by atoms with van der Waals surface area (Å²) in [5.74, 6) is 0.0265. The molecule has 1 amide bonds. The first-order valence-corrected chi connectivity index (χ1v) is 6.05. The molecule has 0 saturated carbocycles. The minimum Gasteiger partial charge on any atom is -0.397 e. The zero-order valence-corrected chi connectivity index (χ0v) is 10.5. The van der Waals surface area contributed by atoms with Gasteiger partial charge in [0.2, 0.25) is 5.91 Å². The van der Waals surface area contributed by atoms with Crippen molar-refractivity contribution < 1.29 is 4.79 Å². The van der Waals surface area contributed by atoms with Gasteiger partial charge >= 0.3 is 0 Å². The first-order valence-electron chi connectivity index (χ1n) is 5.17. The van der Waals surface area contributed by atoms with Gasteiger partial charge in [-0.1, -0.05) is 11.8 Å². The monoisotopic (exact) mass is 239 g/mol. The van der Waals surface area contributed by atoms with Gasteiger partial charge in [0, 0.05) is 6.04 Å². The Morgan fingerprint density at radius 1 is 1.44 bits per heavy atom. The van der Waals surface area contributed by atoms with Crippen molar-refractivity contribution in [1.82, 2.24) is 10.3 Å². The van der Waals surface area contributed by atoms with Crippen molar-refractivity contribution >= 4 is 23.4 Å². The largest absolute Gasteiger partial charge is 0.397 e. The molecule has 0 aromatic carbocycles. The van der Waals surface area contributed by atoms with Crippen LogP contribution in [0.4, 0.5) is 5.69 Å². The highest BCUT2D eigenvalue weighted by atomic mass is 32.2. The maximum absolute atomic E-state index is 11.6. The third-order valence-corrected chi connectivity index (χ3v) is 2.91. The van der Waals surface area contributed by atoms with Crippen molar-refractivity contribution in [2.75, 3.05) is 5.73 Å². The Morgan fingerprint density at radius 2 is 2.12 bits per heavy atom. The van der Waals surface area contributed by atoms with Crippen LogP contribution >= 0.6 is 11.8 Å². The van der Waals surface area contributed by atoms with Crippen molar-refractivity contribution in [3.8, 4) is 0 Å². The Hall–Kier alpha value is -1.23. The van der Waals surface area contributed by atoms with Gasteiger partial charge in [-0.3, -0.25) is 4.79 Å². The molecule has 1 rings (SSSR count). The van der Waals surface area contributed by atoms with Crippen LogP contribution in [0.2, 0.25) is 0 Å². The van der Waals surface area contributed by atoms with Gasteiger partial charge in [-0.25, -0.2) is 4.98 Å². The van der Waals surface area contributed by atoms with Gasteiger partial charge < -0.3 is 11.1 Å². The van der Waals surface area contributed by atoms with E-state index in [1.165, 1.54) is 11.8 Å². The average molecular weight is 239 g/mol. The number of aromatic nitrogens is 1. The van der Waals surface area contributed by atoms with E-state index in [1.54, 1.807) is 12.3 Å². The second kappa shape index (κ2) is 5.75. The third kappa shape index (κ3) is 4.10. The predicted molar refractivity (Wildman–Crippen MR) is 67.2 cm³/mol. The summed E-state index contributed by atoms with van der Waals surface area (Å²) in [7, 11) is 0. The molecule has 16 heavy (non-hydrogen) atoms. The number of carbonyl (C=O) groups is 1. The lowest BCUT2D eigenvalue weighted by Crippen LogP contribution is -2.35. The summed E-state index contributed by atoms with van der Waals surface area (Å²) >= 11 is 1.42. The third-order valence-electron chi connectivity index (χ3n) is 1.86. The molecule has 88 valence electrons. The maximum Gasteiger partial charge on any atom is 0.233 e. The number of hydrogen-bond donors (Lipinski definition) is 2. The molecule has 0 bridgehead atoms. The van der Waals surface area contributed by atoms with Gasteiger partial charge in [-0.15, -0.1) is 0 Å². The van der Waals surface area contributed by atoms with Crippen LogP contribution in [-0.2, 0) is 4.79 Å². The van der Waals surface area contributed by atoms with Gasteiger partial charge in [0.05, 0.1) is 22.2 Å². The maximum atomic E-state index is 11.6. The lowest BCUT2D eigenvalue weighted by atomic mass is 10.3. The van der Waals surface area contributed by atoms with Gasteiger partial charge in [-0.2, -0.15) is 0 Å². The predicted octanol–water partition coefficient (Wildman–Crippen LogP) is 1.67. The highest BCUT2D eigenvalue weighted by Gasteiger charge is 2.15. The molecule has 5 heteroatoms. The van der Waals surface area contributed by atoms with Crippen LogP contribution in [0.25, 0.3) is 0 Å². The lowest BCUT2D eigenvalue weighted by molar-refractivity contribution is -0.120. The molecule has 1 unspecified atom stereocenters. The zero-order chi connectivity index (χ0) is 12.1. The van der Waals surface area contributed by atoms with E-state index >= 15 is 0 Å². The molecule has 4 nitrogen and oxygen atoms in total. The smallest absolute Gasteiger partial charge is 0.233 e. The summed E-state index contributed by atoms with van der Waals surface area (Å²) in [6.45, 7) is 5.74. The Kier molecular flexibility index (Phi) is 4.61. The van der Waals surface area contributed by atoms with Crippen molar-refractivity contribution in [2.24, 2.45) is 0 Å². The van der Waals surface area contributed by atoms with Gasteiger partial charge in [0.1, 0.15) is 0 Å². The standard InChI is InChI=1S/C11H17N3OS/c1-7(2)14-11(15)8(3)16-10-5-4-9(12)6-13-10/h4-8H,12H2,1-3H3,(H,14,15). The fourth-order valence-electron chi connectivity index (χ4n) is 1.10. The van der Waals surface area contributed by atoms with E-state index in [4.69, 9.17) is 5.73 Å². The molecule has 0 spiro atoms. The molecule has 0 fully saturated rings. The van der Waals surface area contributed by atoms with E-state index in [-0.39, 0.29) is 17.2 Å². The summed E-state index contributed by atoms with van der Waals surface area (Å²) in [4.78, 5) is 15.8. The molecule has 3 N–H and O–H groups in total. The molecule has 0 aliphatic rings. The number of nitrogen functional groups attached to an aromatic ring is 1. The van der Waals surface area contributed by atoms with Crippen LogP contribution in [0.1, 0.15) is 20.8 Å². The van der Waals surface area contributed by atoms with Crippen LogP contribution in [0.3, 0.4) is 0 Å². The normalized spacial score (nSPS) is 12.5. The summed E-state index contributed by atoms with van der Waals surface area (Å²) in [5.41, 5.74) is 6.16. The number of nitrogens with one attached hydrogen (secondary N) is 1. The fourth-order valence-corrected chi connectivity index (χ4v) is 1.90. The van der Waals surface area contributed by atoms with Gasteiger partial charge in [0.25, 0.3) is 0 Å². The molecule has 0 radical (unpaired) electrons. The minimum absolute atomic E-state index is 0.0265. The van der Waals surface area contributed by atoms with Crippen molar-refractivity contribution in [2.45, 2.75) is 37.1 Å². The molecule has 1 aromatic rings. The minimum atomic E-state index is -0.154. The molecular formula is C11H17N3OS. The van der Waals surface area contributed by atoms with Crippen molar-refractivity contribution in [3.63, 3.8) is 0 Å². The van der Waals surface area contributed by atoms with E-state index < -0.39 is 0 Å². The van der Waals surface area contributed by atoms with E-state index in [9.17, 15) is 4.79 Å². The van der Waals surface area contributed by atoms with Crippen LogP contribution in [0.15, 0.2) is 23.4 Å². The number of carbonyl (C=O) groups excluding carboxylic acids is 1. The number of anilines is 1. The molecule has 1 aromatic heterocycles. The van der Waals surface area contributed by atoms with E-state index in [0.717, 1.165) is 5.03 Å². The molecular weight excluding hydrogens is 222 g/mol. The quantitative estimate of drug-likeness (QED) is 0.784. The molecule has 0 aliphatic heterocycles. The summed E-state index contributed by atoms with van der Waals surface area (Å²) in [5, 5.41) is 3.51. The Balaban J connectivity index is 2.53. The number of pyridine rings is 1. The summed E-state index contributed by atoms with van der Waals surface area (Å²) in [6.07, 6.45) is 1.59. The van der Waals surface area contributed by atoms with E-state index in [0.29, 0.717) is 5.69 Å². The van der Waals surface area contributed by atoms with Crippen molar-refractivity contribution in [3.05, 3.63) is 18.3 Å². The van der Waals surface area contributed by atoms with Gasteiger partial charge in [-0.05, 0) is 32.9 Å². The highest BCUT2D eigenvalue weighted by molar-refractivity contribution is 8.00. The number of nitrogens with zero attached hydrogens (tertiary/aromatic N) is 1. The Bertz CT molecular complexity index is 351. The number of amides is 1. The first-order chi connectivity index (χ1) is 7.49. The topological polar surface area (TPSA) is 68.0 Å².